The Bertz CT molecular complexity index is 549. The second-order valence-corrected chi connectivity index (χ2v) is 7.44. The molecular formula is C18H27BO3. The van der Waals surface area contributed by atoms with Crippen LogP contribution in [0.3, 0.4) is 0 Å². The van der Waals surface area contributed by atoms with Gasteiger partial charge in [0.05, 0.1) is 24.3 Å². The molecule has 2 fully saturated rings. The summed E-state index contributed by atoms with van der Waals surface area (Å²) < 4.78 is 18.2. The molecule has 120 valence electrons. The first kappa shape index (κ1) is 15.9. The summed E-state index contributed by atoms with van der Waals surface area (Å²) in [6.45, 7) is 11.8. The summed E-state index contributed by atoms with van der Waals surface area (Å²) >= 11 is 0. The SMILES string of the molecule is CCOc1ccc(B2COC(C)(C)C(C)(C)O2)cc1C1CC1. The van der Waals surface area contributed by atoms with Gasteiger partial charge in [-0.15, -0.1) is 0 Å². The fraction of sp³-hybridized carbons (Fsp3) is 0.667. The van der Waals surface area contributed by atoms with Crippen molar-refractivity contribution in [1.82, 2.24) is 0 Å². The molecule has 0 radical (unpaired) electrons. The van der Waals surface area contributed by atoms with Crippen molar-refractivity contribution in [3.8, 4) is 5.75 Å². The lowest BCUT2D eigenvalue weighted by Gasteiger charge is -2.47. The van der Waals surface area contributed by atoms with Gasteiger partial charge in [0.1, 0.15) is 5.75 Å². The van der Waals surface area contributed by atoms with Crippen LogP contribution in [0.1, 0.15) is 58.9 Å². The molecule has 1 aromatic rings. The molecule has 3 nitrogen and oxygen atoms in total. The second-order valence-electron chi connectivity index (χ2n) is 7.44. The maximum atomic E-state index is 6.36. The van der Waals surface area contributed by atoms with Crippen molar-refractivity contribution < 1.29 is 14.1 Å². The molecule has 3 rings (SSSR count). The quantitative estimate of drug-likeness (QED) is 0.799. The van der Waals surface area contributed by atoms with E-state index in [4.69, 9.17) is 14.1 Å². The van der Waals surface area contributed by atoms with Gasteiger partial charge < -0.3 is 14.1 Å². The number of ether oxygens (including phenoxy) is 2. The lowest BCUT2D eigenvalue weighted by molar-refractivity contribution is -0.152. The number of rotatable bonds is 4. The zero-order chi connectivity index (χ0) is 16.0. The molecule has 1 aliphatic carbocycles. The van der Waals surface area contributed by atoms with Crippen molar-refractivity contribution in [1.29, 1.82) is 0 Å². The summed E-state index contributed by atoms with van der Waals surface area (Å²) in [6.07, 6.45) is 2.54. The summed E-state index contributed by atoms with van der Waals surface area (Å²) in [6, 6.07) is 6.49. The first-order chi connectivity index (χ1) is 10.3. The van der Waals surface area contributed by atoms with Crippen molar-refractivity contribution in [2.24, 2.45) is 0 Å². The van der Waals surface area contributed by atoms with Crippen molar-refractivity contribution in [2.45, 2.75) is 64.6 Å². The van der Waals surface area contributed by atoms with Gasteiger partial charge in [0.15, 0.2) is 0 Å². The smallest absolute Gasteiger partial charge is 0.354 e. The third kappa shape index (κ3) is 2.91. The molecule has 1 saturated heterocycles. The highest BCUT2D eigenvalue weighted by atomic mass is 16.6. The Hall–Kier alpha value is -0.995. The molecule has 1 aromatic carbocycles. The van der Waals surface area contributed by atoms with Crippen molar-refractivity contribution in [3.63, 3.8) is 0 Å². The Morgan fingerprint density at radius 1 is 1.18 bits per heavy atom. The van der Waals surface area contributed by atoms with Gasteiger partial charge in [0.2, 0.25) is 0 Å². The van der Waals surface area contributed by atoms with E-state index in [1.165, 1.54) is 23.9 Å². The minimum absolute atomic E-state index is 0.00352. The minimum atomic E-state index is -0.311. The van der Waals surface area contributed by atoms with Gasteiger partial charge in [-0.3, -0.25) is 0 Å². The summed E-state index contributed by atoms with van der Waals surface area (Å²) in [7, 11) is 0. The van der Waals surface area contributed by atoms with Crippen LogP contribution in [0.2, 0.25) is 0 Å². The van der Waals surface area contributed by atoms with Crippen LogP contribution in [0.25, 0.3) is 0 Å². The lowest BCUT2D eigenvalue weighted by atomic mass is 9.59. The molecule has 2 aliphatic rings. The van der Waals surface area contributed by atoms with Crippen LogP contribution in [0.4, 0.5) is 0 Å². The van der Waals surface area contributed by atoms with Gasteiger partial charge in [0, 0.05) is 0 Å². The highest BCUT2D eigenvalue weighted by molar-refractivity contribution is 6.67. The largest absolute Gasteiger partial charge is 0.494 e. The Morgan fingerprint density at radius 2 is 1.91 bits per heavy atom. The summed E-state index contributed by atoms with van der Waals surface area (Å²) in [5.41, 5.74) is 1.96. The Morgan fingerprint density at radius 3 is 2.50 bits per heavy atom. The predicted molar refractivity (Wildman–Crippen MR) is 90.2 cm³/mol. The van der Waals surface area contributed by atoms with Gasteiger partial charge in [-0.25, -0.2) is 0 Å². The molecule has 22 heavy (non-hydrogen) atoms. The van der Waals surface area contributed by atoms with E-state index in [-0.39, 0.29) is 18.1 Å². The summed E-state index contributed by atoms with van der Waals surface area (Å²) in [5.74, 6) is 1.69. The van der Waals surface area contributed by atoms with Gasteiger partial charge in [-0.1, -0.05) is 12.1 Å². The number of hydrogen-bond acceptors (Lipinski definition) is 3. The van der Waals surface area contributed by atoms with Gasteiger partial charge in [0.25, 0.3) is 0 Å². The fourth-order valence-electron chi connectivity index (χ4n) is 2.92. The third-order valence-electron chi connectivity index (χ3n) is 5.20. The Kier molecular flexibility index (Phi) is 4.02. The minimum Gasteiger partial charge on any atom is -0.494 e. The zero-order valence-corrected chi connectivity index (χ0v) is 14.4. The molecule has 0 bridgehead atoms. The summed E-state index contributed by atoms with van der Waals surface area (Å²) in [4.78, 5) is 0. The standard InChI is InChI=1S/C18H27BO3/c1-6-20-16-10-9-14(11-15(16)13-7-8-13)19-12-21-17(2,3)18(4,5)22-19/h9-11,13H,6-8,12H2,1-5H3. The topological polar surface area (TPSA) is 27.7 Å². The van der Waals surface area contributed by atoms with Crippen molar-refractivity contribution in [3.05, 3.63) is 23.8 Å². The lowest BCUT2D eigenvalue weighted by Crippen LogP contribution is -2.61. The van der Waals surface area contributed by atoms with Crippen LogP contribution in [0.15, 0.2) is 18.2 Å². The molecule has 0 atom stereocenters. The summed E-state index contributed by atoms with van der Waals surface area (Å²) in [5, 5.41) is 0. The van der Waals surface area contributed by atoms with E-state index in [0.29, 0.717) is 19.0 Å². The molecule has 0 amide bonds. The molecular weight excluding hydrogens is 275 g/mol. The third-order valence-corrected chi connectivity index (χ3v) is 5.20. The first-order valence-corrected chi connectivity index (χ1v) is 8.42. The first-order valence-electron chi connectivity index (χ1n) is 8.42. The van der Waals surface area contributed by atoms with Crippen molar-refractivity contribution >= 4 is 12.4 Å². The number of hydrogen-bond donors (Lipinski definition) is 0. The molecule has 0 spiro atoms. The van der Waals surface area contributed by atoms with Crippen LogP contribution in [-0.4, -0.2) is 31.2 Å². The van der Waals surface area contributed by atoms with Gasteiger partial charge in [-0.2, -0.15) is 0 Å². The van der Waals surface area contributed by atoms with Crippen LogP contribution < -0.4 is 10.2 Å². The van der Waals surface area contributed by atoms with E-state index < -0.39 is 0 Å². The molecule has 1 saturated carbocycles. The maximum absolute atomic E-state index is 6.36. The molecule has 0 aromatic heterocycles. The predicted octanol–water partition coefficient (Wildman–Crippen LogP) is 3.30. The van der Waals surface area contributed by atoms with Crippen LogP contribution in [0.5, 0.6) is 5.75 Å². The molecule has 0 unspecified atom stereocenters. The second kappa shape index (κ2) is 5.57. The van der Waals surface area contributed by atoms with E-state index in [9.17, 15) is 0 Å². The Labute approximate surface area is 134 Å². The van der Waals surface area contributed by atoms with E-state index in [1.54, 1.807) is 0 Å². The maximum Gasteiger partial charge on any atom is 0.354 e. The average molecular weight is 302 g/mol. The molecule has 4 heteroatoms. The molecule has 1 aliphatic heterocycles. The van der Waals surface area contributed by atoms with E-state index in [1.807, 2.05) is 6.92 Å². The van der Waals surface area contributed by atoms with E-state index >= 15 is 0 Å². The monoisotopic (exact) mass is 302 g/mol. The van der Waals surface area contributed by atoms with Crippen molar-refractivity contribution in [2.75, 3.05) is 13.1 Å². The normalized spacial score (nSPS) is 23.4. The van der Waals surface area contributed by atoms with E-state index in [2.05, 4.69) is 45.9 Å². The van der Waals surface area contributed by atoms with Crippen LogP contribution >= 0.6 is 0 Å². The molecule has 0 N–H and O–H groups in total. The number of benzene rings is 1. The van der Waals surface area contributed by atoms with Crippen LogP contribution in [0, 0.1) is 0 Å². The fourth-order valence-corrected chi connectivity index (χ4v) is 2.92. The van der Waals surface area contributed by atoms with Gasteiger partial charge in [-0.05, 0) is 70.5 Å². The van der Waals surface area contributed by atoms with Crippen LogP contribution in [-0.2, 0) is 9.39 Å². The zero-order valence-electron chi connectivity index (χ0n) is 14.4. The Balaban J connectivity index is 1.85. The highest BCUT2D eigenvalue weighted by Gasteiger charge is 2.46. The highest BCUT2D eigenvalue weighted by Crippen LogP contribution is 2.44. The molecule has 1 heterocycles. The van der Waals surface area contributed by atoms with E-state index in [0.717, 1.165) is 5.75 Å². The van der Waals surface area contributed by atoms with Gasteiger partial charge >= 0.3 is 6.92 Å². The average Bonchev–Trinajstić information content (AvgIpc) is 3.27.